The minimum atomic E-state index is -2.30. The molecule has 0 aliphatic heterocycles. The molecular formula is C33H28P2S2. The third kappa shape index (κ3) is 4.21. The minimum absolute atomic E-state index is 0.162. The van der Waals surface area contributed by atoms with Crippen molar-refractivity contribution in [3.8, 4) is 0 Å². The highest BCUT2D eigenvalue weighted by atomic mass is 32.4. The fourth-order valence-electron chi connectivity index (χ4n) is 5.92. The highest BCUT2D eigenvalue weighted by Gasteiger charge is 2.49. The molecule has 0 spiro atoms. The normalized spacial score (nSPS) is 17.3. The zero-order chi connectivity index (χ0) is 25.3. The van der Waals surface area contributed by atoms with Crippen molar-refractivity contribution in [1.29, 1.82) is 0 Å². The van der Waals surface area contributed by atoms with E-state index in [2.05, 4.69) is 146 Å². The highest BCUT2D eigenvalue weighted by molar-refractivity contribution is 8.24. The van der Waals surface area contributed by atoms with Crippen molar-refractivity contribution in [1.82, 2.24) is 0 Å². The molecule has 5 aromatic rings. The largest absolute Gasteiger partial charge is 0.0873 e. The van der Waals surface area contributed by atoms with E-state index in [1.165, 1.54) is 32.3 Å². The monoisotopic (exact) mass is 550 g/mol. The fourth-order valence-corrected chi connectivity index (χ4v) is 17.2. The van der Waals surface area contributed by atoms with Crippen LogP contribution in [0.15, 0.2) is 146 Å². The zero-order valence-electron chi connectivity index (χ0n) is 20.4. The van der Waals surface area contributed by atoms with E-state index in [9.17, 15) is 0 Å². The molecule has 0 heterocycles. The van der Waals surface area contributed by atoms with Crippen LogP contribution < -0.4 is 21.2 Å². The van der Waals surface area contributed by atoms with E-state index < -0.39 is 12.1 Å². The van der Waals surface area contributed by atoms with Gasteiger partial charge in [-0.1, -0.05) is 169 Å². The predicted molar refractivity (Wildman–Crippen MR) is 170 cm³/mol. The third-order valence-corrected chi connectivity index (χ3v) is 18.9. The summed E-state index contributed by atoms with van der Waals surface area (Å²) in [5.41, 5.74) is 3.19. The molecule has 1 aliphatic carbocycles. The maximum atomic E-state index is 7.00. The van der Waals surface area contributed by atoms with Gasteiger partial charge in [-0.3, -0.25) is 0 Å². The molecule has 182 valence electrons. The lowest BCUT2D eigenvalue weighted by Gasteiger charge is -2.40. The topological polar surface area (TPSA) is 0 Å². The Morgan fingerprint density at radius 1 is 0.432 bits per heavy atom. The van der Waals surface area contributed by atoms with Gasteiger partial charge < -0.3 is 0 Å². The Morgan fingerprint density at radius 2 is 0.784 bits per heavy atom. The molecule has 2 atom stereocenters. The first kappa shape index (κ1) is 24.7. The summed E-state index contributed by atoms with van der Waals surface area (Å²) in [7, 11) is 0. The maximum Gasteiger partial charge on any atom is 0.0294 e. The fraction of sp³-hybridized carbons (Fsp3) is 0.0909. The van der Waals surface area contributed by atoms with Crippen LogP contribution in [-0.4, -0.2) is 5.66 Å². The summed E-state index contributed by atoms with van der Waals surface area (Å²) in [6.07, 6.45) is 0.958. The van der Waals surface area contributed by atoms with Gasteiger partial charge in [0.2, 0.25) is 0 Å². The molecule has 0 N–H and O–H groups in total. The second kappa shape index (κ2) is 10.3. The van der Waals surface area contributed by atoms with E-state index in [0.29, 0.717) is 0 Å². The molecule has 0 unspecified atom stereocenters. The van der Waals surface area contributed by atoms with Gasteiger partial charge in [-0.05, 0) is 38.8 Å². The van der Waals surface area contributed by atoms with Crippen LogP contribution in [0.4, 0.5) is 0 Å². The number of fused-ring (bicyclic) bond motifs is 1. The number of benzene rings is 5. The first-order chi connectivity index (χ1) is 18.1. The number of rotatable bonds is 6. The molecule has 0 aromatic heterocycles. The molecule has 6 rings (SSSR count). The van der Waals surface area contributed by atoms with E-state index in [0.717, 1.165) is 6.42 Å². The Bertz CT molecular complexity index is 1510. The van der Waals surface area contributed by atoms with Gasteiger partial charge in [0.05, 0.1) is 0 Å². The summed E-state index contributed by atoms with van der Waals surface area (Å²) in [5.74, 6) is 0. The Labute approximate surface area is 230 Å². The van der Waals surface area contributed by atoms with Crippen molar-refractivity contribution < 1.29 is 0 Å². The van der Waals surface area contributed by atoms with Crippen LogP contribution in [0.25, 0.3) is 0 Å². The third-order valence-electron chi connectivity index (χ3n) is 7.59. The van der Waals surface area contributed by atoms with E-state index >= 15 is 0 Å². The molecule has 0 radical (unpaired) electrons. The first-order valence-corrected chi connectivity index (χ1v) is 18.4. The second-order valence-corrected chi connectivity index (χ2v) is 18.9. The van der Waals surface area contributed by atoms with Crippen molar-refractivity contribution in [2.45, 2.75) is 17.7 Å². The molecule has 0 fully saturated rings. The second-order valence-electron chi connectivity index (χ2n) is 9.57. The molecule has 0 saturated heterocycles. The lowest BCUT2D eigenvalue weighted by Crippen LogP contribution is -2.32. The van der Waals surface area contributed by atoms with E-state index in [1.807, 2.05) is 0 Å². The number of hydrogen-bond donors (Lipinski definition) is 0. The summed E-state index contributed by atoms with van der Waals surface area (Å²) < 4.78 is 0. The van der Waals surface area contributed by atoms with Gasteiger partial charge in [0.1, 0.15) is 0 Å². The SMILES string of the molecule is S=P(c1ccccc1)(c1ccccc1)[C@H]1Cc2ccccc2[C@@H]1P(=S)(c1ccccc1)c1ccccc1. The van der Waals surface area contributed by atoms with Gasteiger partial charge in [0.25, 0.3) is 0 Å². The van der Waals surface area contributed by atoms with Gasteiger partial charge in [0.15, 0.2) is 0 Å². The van der Waals surface area contributed by atoms with Crippen LogP contribution >= 0.6 is 12.1 Å². The quantitative estimate of drug-likeness (QED) is 0.211. The molecule has 0 amide bonds. The zero-order valence-corrected chi connectivity index (χ0v) is 23.9. The van der Waals surface area contributed by atoms with Gasteiger partial charge in [-0.25, -0.2) is 0 Å². The van der Waals surface area contributed by atoms with E-state index in [4.69, 9.17) is 23.6 Å². The summed E-state index contributed by atoms with van der Waals surface area (Å²) in [6.45, 7) is 0. The van der Waals surface area contributed by atoms with Crippen LogP contribution in [0.1, 0.15) is 16.8 Å². The van der Waals surface area contributed by atoms with Crippen molar-refractivity contribution in [2.24, 2.45) is 0 Å². The minimum Gasteiger partial charge on any atom is -0.0873 e. The van der Waals surface area contributed by atoms with Gasteiger partial charge in [0, 0.05) is 23.4 Å². The molecule has 37 heavy (non-hydrogen) atoms. The molecule has 4 heteroatoms. The molecular weight excluding hydrogens is 522 g/mol. The lowest BCUT2D eigenvalue weighted by molar-refractivity contribution is 0.897. The maximum absolute atomic E-state index is 7.00. The standard InChI is InChI=1S/C33H28P2S2/c36-34(27-16-5-1-6-17-27,28-18-7-2-8-19-28)32-25-26-15-13-14-24-31(26)33(32)35(37,29-20-9-3-10-21-29)30-22-11-4-12-23-30/h1-24,32-33H,25H2/t32-,33-/m0/s1. The summed E-state index contributed by atoms with van der Waals surface area (Å²) in [5, 5.41) is 5.10. The average molecular weight is 551 g/mol. The average Bonchev–Trinajstić information content (AvgIpc) is 3.39. The van der Waals surface area contributed by atoms with Gasteiger partial charge in [-0.15, -0.1) is 0 Å². The van der Waals surface area contributed by atoms with Crippen molar-refractivity contribution in [3.63, 3.8) is 0 Å². The Kier molecular flexibility index (Phi) is 6.87. The summed E-state index contributed by atoms with van der Waals surface area (Å²) >= 11 is 14.0. The molecule has 5 aromatic carbocycles. The smallest absolute Gasteiger partial charge is 0.0294 e. The molecule has 1 aliphatic rings. The Morgan fingerprint density at radius 3 is 1.22 bits per heavy atom. The van der Waals surface area contributed by atoms with Crippen molar-refractivity contribution >= 4 is 56.9 Å². The van der Waals surface area contributed by atoms with E-state index in [-0.39, 0.29) is 11.3 Å². The molecule has 0 nitrogen and oxygen atoms in total. The van der Waals surface area contributed by atoms with E-state index in [1.54, 1.807) is 0 Å². The highest BCUT2D eigenvalue weighted by Crippen LogP contribution is 2.70. The molecule has 0 saturated carbocycles. The Hall–Kier alpha value is -2.60. The summed E-state index contributed by atoms with van der Waals surface area (Å²) in [6, 6.07) is 47.9. The number of hydrogen-bond acceptors (Lipinski definition) is 2. The van der Waals surface area contributed by atoms with Crippen LogP contribution in [0.2, 0.25) is 0 Å². The Balaban J connectivity index is 1.67. The lowest BCUT2D eigenvalue weighted by atomic mass is 10.1. The van der Waals surface area contributed by atoms with Crippen molar-refractivity contribution in [2.75, 3.05) is 0 Å². The van der Waals surface area contributed by atoms with Crippen LogP contribution in [0, 0.1) is 0 Å². The van der Waals surface area contributed by atoms with Gasteiger partial charge in [-0.2, -0.15) is 0 Å². The van der Waals surface area contributed by atoms with Crippen LogP contribution in [-0.2, 0) is 30.0 Å². The predicted octanol–water partition coefficient (Wildman–Crippen LogP) is 6.91. The summed E-state index contributed by atoms with van der Waals surface area (Å²) in [4.78, 5) is 0. The first-order valence-electron chi connectivity index (χ1n) is 12.6. The molecule has 0 bridgehead atoms. The van der Waals surface area contributed by atoms with Crippen molar-refractivity contribution in [3.05, 3.63) is 157 Å². The van der Waals surface area contributed by atoms with Crippen LogP contribution in [0.5, 0.6) is 0 Å². The van der Waals surface area contributed by atoms with Crippen LogP contribution in [0.3, 0.4) is 0 Å². The van der Waals surface area contributed by atoms with Gasteiger partial charge >= 0.3 is 0 Å².